The predicted octanol–water partition coefficient (Wildman–Crippen LogP) is 2.90. The van der Waals surface area contributed by atoms with Gasteiger partial charge in [-0.25, -0.2) is 0 Å². The van der Waals surface area contributed by atoms with Crippen molar-refractivity contribution in [3.63, 3.8) is 0 Å². The summed E-state index contributed by atoms with van der Waals surface area (Å²) in [6, 6.07) is 5.55. The van der Waals surface area contributed by atoms with Crippen LogP contribution in [0.4, 0.5) is 0 Å². The minimum absolute atomic E-state index is 0.345. The minimum atomic E-state index is -0.549. The molecule has 0 aliphatic carbocycles. The second kappa shape index (κ2) is 5.79. The average Bonchev–Trinajstić information content (AvgIpc) is 2.20. The zero-order valence-electron chi connectivity index (χ0n) is 8.75. The molecule has 1 N–H and O–H groups in total. The third-order valence-corrected chi connectivity index (χ3v) is 2.39. The Balaban J connectivity index is 2.89. The molecule has 0 spiro atoms. The van der Waals surface area contributed by atoms with Crippen LogP contribution in [-0.4, -0.2) is 11.7 Å². The van der Waals surface area contributed by atoms with Gasteiger partial charge in [-0.2, -0.15) is 0 Å². The first-order valence-corrected chi connectivity index (χ1v) is 5.44. The molecule has 0 aliphatic heterocycles. The topological polar surface area (TPSA) is 29.5 Å². The van der Waals surface area contributed by atoms with Gasteiger partial charge in [0.1, 0.15) is 12.4 Å². The zero-order valence-corrected chi connectivity index (χ0v) is 10.3. The van der Waals surface area contributed by atoms with Crippen molar-refractivity contribution in [1.82, 2.24) is 0 Å². The van der Waals surface area contributed by atoms with Crippen molar-refractivity contribution in [3.05, 3.63) is 28.2 Å². The number of hydrogen-bond acceptors (Lipinski definition) is 2. The van der Waals surface area contributed by atoms with E-state index < -0.39 is 6.10 Å². The molecule has 0 unspecified atom stereocenters. The zero-order chi connectivity index (χ0) is 11.3. The number of rotatable bonds is 3. The van der Waals surface area contributed by atoms with Crippen LogP contribution in [0.1, 0.15) is 25.5 Å². The van der Waals surface area contributed by atoms with Crippen LogP contribution >= 0.6 is 15.9 Å². The molecule has 15 heavy (non-hydrogen) atoms. The Morgan fingerprint density at radius 3 is 2.87 bits per heavy atom. The van der Waals surface area contributed by atoms with Crippen molar-refractivity contribution in [2.24, 2.45) is 0 Å². The van der Waals surface area contributed by atoms with Gasteiger partial charge in [0.15, 0.2) is 0 Å². The molecule has 0 aliphatic rings. The normalized spacial score (nSPS) is 11.5. The van der Waals surface area contributed by atoms with Crippen LogP contribution in [-0.2, 0) is 0 Å². The highest BCUT2D eigenvalue weighted by atomic mass is 79.9. The van der Waals surface area contributed by atoms with Crippen molar-refractivity contribution in [2.45, 2.75) is 20.0 Å². The summed E-state index contributed by atoms with van der Waals surface area (Å²) in [7, 11) is 0. The van der Waals surface area contributed by atoms with Crippen molar-refractivity contribution in [1.29, 1.82) is 0 Å². The van der Waals surface area contributed by atoms with E-state index in [9.17, 15) is 5.11 Å². The molecular formula is C12H13BrO2. The van der Waals surface area contributed by atoms with Crippen LogP contribution in [0.5, 0.6) is 5.75 Å². The van der Waals surface area contributed by atoms with Gasteiger partial charge in [-0.05, 0) is 32.0 Å². The highest BCUT2D eigenvalue weighted by Crippen LogP contribution is 2.28. The van der Waals surface area contributed by atoms with Crippen LogP contribution in [0, 0.1) is 11.8 Å². The van der Waals surface area contributed by atoms with E-state index in [2.05, 4.69) is 27.8 Å². The monoisotopic (exact) mass is 268 g/mol. The second-order valence-corrected chi connectivity index (χ2v) is 3.99. The lowest BCUT2D eigenvalue weighted by atomic mass is 10.1. The molecule has 0 bridgehead atoms. The first kappa shape index (κ1) is 12.1. The maximum atomic E-state index is 9.55. The maximum absolute atomic E-state index is 9.55. The van der Waals surface area contributed by atoms with Gasteiger partial charge < -0.3 is 9.84 Å². The predicted molar refractivity (Wildman–Crippen MR) is 63.7 cm³/mol. The molecule has 0 fully saturated rings. The summed E-state index contributed by atoms with van der Waals surface area (Å²) in [6.07, 6.45) is -0.549. The molecule has 1 aromatic carbocycles. The standard InChI is InChI=1S/C12H13BrO2/c1-3-4-7-15-12-6-5-10(13)8-11(12)9(2)14/h5-6,8-9,14H,7H2,1-2H3/t9-/m0/s1. The van der Waals surface area contributed by atoms with Gasteiger partial charge in [0.2, 0.25) is 0 Å². The van der Waals surface area contributed by atoms with E-state index in [0.29, 0.717) is 12.4 Å². The molecule has 80 valence electrons. The molecule has 0 heterocycles. The van der Waals surface area contributed by atoms with Gasteiger partial charge in [0, 0.05) is 10.0 Å². The summed E-state index contributed by atoms with van der Waals surface area (Å²) in [6.45, 7) is 3.82. The smallest absolute Gasteiger partial charge is 0.149 e. The van der Waals surface area contributed by atoms with Gasteiger partial charge in [0.05, 0.1) is 6.10 Å². The van der Waals surface area contributed by atoms with E-state index in [4.69, 9.17) is 4.74 Å². The largest absolute Gasteiger partial charge is 0.481 e. The van der Waals surface area contributed by atoms with E-state index in [-0.39, 0.29) is 0 Å². The Morgan fingerprint density at radius 1 is 1.53 bits per heavy atom. The van der Waals surface area contributed by atoms with Gasteiger partial charge in [-0.3, -0.25) is 0 Å². The van der Waals surface area contributed by atoms with Gasteiger partial charge >= 0.3 is 0 Å². The van der Waals surface area contributed by atoms with E-state index in [1.807, 2.05) is 18.2 Å². The molecule has 1 rings (SSSR count). The first-order valence-electron chi connectivity index (χ1n) is 4.65. The summed E-state index contributed by atoms with van der Waals surface area (Å²) in [5.74, 6) is 6.24. The molecule has 1 atom stereocenters. The highest BCUT2D eigenvalue weighted by Gasteiger charge is 2.09. The van der Waals surface area contributed by atoms with Crippen molar-refractivity contribution < 1.29 is 9.84 Å². The number of aliphatic hydroxyl groups is 1. The molecule has 2 nitrogen and oxygen atoms in total. The number of hydrogen-bond donors (Lipinski definition) is 1. The van der Waals surface area contributed by atoms with E-state index in [1.54, 1.807) is 13.8 Å². The fourth-order valence-electron chi connectivity index (χ4n) is 1.16. The average molecular weight is 269 g/mol. The lowest BCUT2D eigenvalue weighted by molar-refractivity contribution is 0.193. The lowest BCUT2D eigenvalue weighted by Gasteiger charge is -2.12. The number of halogens is 1. The SMILES string of the molecule is CC#CCOc1ccc(Br)cc1[C@H](C)O. The Hall–Kier alpha value is -0.980. The number of aliphatic hydroxyl groups excluding tert-OH is 1. The fourth-order valence-corrected chi connectivity index (χ4v) is 1.54. The summed E-state index contributed by atoms with van der Waals surface area (Å²) < 4.78 is 6.36. The summed E-state index contributed by atoms with van der Waals surface area (Å²) in [5, 5.41) is 9.55. The quantitative estimate of drug-likeness (QED) is 0.855. The molecule has 0 saturated heterocycles. The Bertz CT molecular complexity index is 388. The van der Waals surface area contributed by atoms with Crippen LogP contribution in [0.25, 0.3) is 0 Å². The molecule has 0 saturated carbocycles. The second-order valence-electron chi connectivity index (χ2n) is 3.07. The van der Waals surface area contributed by atoms with Gasteiger partial charge in [0.25, 0.3) is 0 Å². The summed E-state index contributed by atoms with van der Waals surface area (Å²) >= 11 is 3.35. The highest BCUT2D eigenvalue weighted by molar-refractivity contribution is 9.10. The van der Waals surface area contributed by atoms with Crippen molar-refractivity contribution >= 4 is 15.9 Å². The third kappa shape index (κ3) is 3.58. The van der Waals surface area contributed by atoms with Crippen molar-refractivity contribution in [3.8, 4) is 17.6 Å². The summed E-state index contributed by atoms with van der Waals surface area (Å²) in [5.41, 5.74) is 0.766. The molecule has 0 amide bonds. The van der Waals surface area contributed by atoms with Crippen molar-refractivity contribution in [2.75, 3.05) is 6.61 Å². The molecule has 3 heteroatoms. The van der Waals surface area contributed by atoms with E-state index in [1.165, 1.54) is 0 Å². The molecule has 0 aromatic heterocycles. The lowest BCUT2D eigenvalue weighted by Crippen LogP contribution is -2.00. The van der Waals surface area contributed by atoms with E-state index >= 15 is 0 Å². The Labute approximate surface area is 98.4 Å². The van der Waals surface area contributed by atoms with Crippen LogP contribution in [0.2, 0.25) is 0 Å². The Kier molecular flexibility index (Phi) is 4.67. The van der Waals surface area contributed by atoms with Crippen LogP contribution in [0.3, 0.4) is 0 Å². The molecule has 1 aromatic rings. The van der Waals surface area contributed by atoms with E-state index in [0.717, 1.165) is 10.0 Å². The third-order valence-electron chi connectivity index (χ3n) is 1.90. The summed E-state index contributed by atoms with van der Waals surface area (Å²) in [4.78, 5) is 0. The molecule has 0 radical (unpaired) electrons. The number of benzene rings is 1. The Morgan fingerprint density at radius 2 is 2.27 bits per heavy atom. The first-order chi connectivity index (χ1) is 7.15. The number of ether oxygens (including phenoxy) is 1. The van der Waals surface area contributed by atoms with Crippen LogP contribution < -0.4 is 4.74 Å². The van der Waals surface area contributed by atoms with Crippen LogP contribution in [0.15, 0.2) is 22.7 Å². The van der Waals surface area contributed by atoms with Gasteiger partial charge in [-0.15, -0.1) is 5.92 Å². The fraction of sp³-hybridized carbons (Fsp3) is 0.333. The molecular weight excluding hydrogens is 256 g/mol. The maximum Gasteiger partial charge on any atom is 0.149 e. The minimum Gasteiger partial charge on any atom is -0.481 e. The van der Waals surface area contributed by atoms with Gasteiger partial charge in [-0.1, -0.05) is 21.9 Å².